The van der Waals surface area contributed by atoms with Gasteiger partial charge in [0.2, 0.25) is 11.6 Å². The van der Waals surface area contributed by atoms with E-state index < -0.39 is 11.6 Å². The predicted molar refractivity (Wildman–Crippen MR) is 81.5 cm³/mol. The van der Waals surface area contributed by atoms with Crippen LogP contribution in [0.3, 0.4) is 0 Å². The molecule has 4 rings (SSSR count). The van der Waals surface area contributed by atoms with Gasteiger partial charge in [0.15, 0.2) is 0 Å². The van der Waals surface area contributed by atoms with Gasteiger partial charge in [-0.3, -0.25) is 9.59 Å². The van der Waals surface area contributed by atoms with E-state index in [2.05, 4.69) is 0 Å². The minimum absolute atomic E-state index is 0.198. The number of ketones is 2. The molecule has 0 saturated heterocycles. The molecule has 0 aromatic heterocycles. The summed E-state index contributed by atoms with van der Waals surface area (Å²) in [5.41, 5.74) is 1.06. The molecule has 0 unspecified atom stereocenters. The largest absolute Gasteiger partial charge is 0.507 e. The first kappa shape index (κ1) is 11.9. The molecule has 1 aliphatic carbocycles. The zero-order valence-electron chi connectivity index (χ0n) is 11.0. The number of carbonyl (C=O) groups is 2. The number of rotatable bonds is 0. The Kier molecular flexibility index (Phi) is 2.27. The Hall–Kier alpha value is -2.94. The van der Waals surface area contributed by atoms with Crippen molar-refractivity contribution >= 4 is 39.2 Å². The van der Waals surface area contributed by atoms with Crippen LogP contribution in [-0.2, 0) is 4.79 Å². The second-order valence-corrected chi connectivity index (χ2v) is 5.13. The molecule has 3 nitrogen and oxygen atoms in total. The molecule has 0 heterocycles. The Balaban J connectivity index is 2.15. The zero-order chi connectivity index (χ0) is 14.6. The highest BCUT2D eigenvalue weighted by Crippen LogP contribution is 2.36. The first-order valence-electron chi connectivity index (χ1n) is 6.60. The van der Waals surface area contributed by atoms with Gasteiger partial charge in [-0.15, -0.1) is 0 Å². The first-order valence-corrected chi connectivity index (χ1v) is 6.60. The molecule has 0 fully saturated rings. The number of allylic oxidation sites excluding steroid dienone is 1. The lowest BCUT2D eigenvalue weighted by Gasteiger charge is -2.12. The summed E-state index contributed by atoms with van der Waals surface area (Å²) in [6.07, 6.45) is 2.89. The minimum atomic E-state index is -0.508. The summed E-state index contributed by atoms with van der Waals surface area (Å²) in [5.74, 6) is -0.808. The van der Waals surface area contributed by atoms with Gasteiger partial charge in [0, 0.05) is 16.3 Å². The summed E-state index contributed by atoms with van der Waals surface area (Å²) in [4.78, 5) is 23.4. The number of Topliss-reactive ketones (excluding diaryl/α,β-unsaturated/α-hetero) is 1. The Morgan fingerprint density at radius 3 is 2.48 bits per heavy atom. The number of hydrogen-bond acceptors (Lipinski definition) is 3. The maximum atomic E-state index is 11.9. The van der Waals surface area contributed by atoms with E-state index in [1.165, 1.54) is 6.08 Å². The number of carbonyl (C=O) groups excluding carboxylic acids is 2. The number of phenols is 1. The molecule has 0 saturated carbocycles. The van der Waals surface area contributed by atoms with Crippen molar-refractivity contribution in [3.05, 3.63) is 59.7 Å². The highest BCUT2D eigenvalue weighted by Gasteiger charge is 2.22. The number of hydrogen-bond donors (Lipinski definition) is 1. The van der Waals surface area contributed by atoms with Crippen LogP contribution in [0.15, 0.2) is 48.5 Å². The number of aromatic hydroxyl groups is 1. The molecule has 3 heteroatoms. The number of fused-ring (bicyclic) bond motifs is 3. The third-order valence-electron chi connectivity index (χ3n) is 3.89. The molecule has 0 amide bonds. The van der Waals surface area contributed by atoms with E-state index in [1.54, 1.807) is 18.2 Å². The fraction of sp³-hybridized carbons (Fsp3) is 0. The van der Waals surface area contributed by atoms with Crippen molar-refractivity contribution in [3.8, 4) is 5.75 Å². The van der Waals surface area contributed by atoms with E-state index >= 15 is 0 Å². The molecule has 1 N–H and O–H groups in total. The fourth-order valence-electron chi connectivity index (χ4n) is 2.82. The zero-order valence-corrected chi connectivity index (χ0v) is 11.0. The lowest BCUT2D eigenvalue weighted by Crippen LogP contribution is -2.16. The molecular formula is C18H10O3. The monoisotopic (exact) mass is 274 g/mol. The second-order valence-electron chi connectivity index (χ2n) is 5.13. The van der Waals surface area contributed by atoms with Gasteiger partial charge in [0.05, 0.1) is 0 Å². The standard InChI is InChI=1S/C18H10O3/c19-16-6-5-11-8-15-12(9-14(11)18(16)21)7-10-3-1-2-4-13(10)17(15)20/h1-9,20H. The molecule has 3 aromatic carbocycles. The molecule has 0 aliphatic heterocycles. The summed E-state index contributed by atoms with van der Waals surface area (Å²) in [7, 11) is 0. The molecule has 0 atom stereocenters. The van der Waals surface area contributed by atoms with Crippen LogP contribution in [0.4, 0.5) is 0 Å². The maximum Gasteiger partial charge on any atom is 0.233 e. The molecule has 21 heavy (non-hydrogen) atoms. The van der Waals surface area contributed by atoms with Crippen molar-refractivity contribution in [1.29, 1.82) is 0 Å². The van der Waals surface area contributed by atoms with E-state index in [4.69, 9.17) is 0 Å². The third-order valence-corrected chi connectivity index (χ3v) is 3.89. The molecule has 0 bridgehead atoms. The Morgan fingerprint density at radius 1 is 0.810 bits per heavy atom. The van der Waals surface area contributed by atoms with E-state index in [0.29, 0.717) is 16.5 Å². The van der Waals surface area contributed by atoms with Crippen LogP contribution in [0.2, 0.25) is 0 Å². The second kappa shape index (κ2) is 4.03. The van der Waals surface area contributed by atoms with Crippen molar-refractivity contribution in [2.75, 3.05) is 0 Å². The summed E-state index contributed by atoms with van der Waals surface area (Å²) < 4.78 is 0. The molecule has 0 spiro atoms. The van der Waals surface area contributed by atoms with Crippen LogP contribution in [-0.4, -0.2) is 16.7 Å². The predicted octanol–water partition coefficient (Wildman–Crippen LogP) is 3.48. The molecular weight excluding hydrogens is 264 g/mol. The minimum Gasteiger partial charge on any atom is -0.507 e. The van der Waals surface area contributed by atoms with Gasteiger partial charge < -0.3 is 5.11 Å². The maximum absolute atomic E-state index is 11.9. The van der Waals surface area contributed by atoms with Crippen molar-refractivity contribution in [1.82, 2.24) is 0 Å². The highest BCUT2D eigenvalue weighted by atomic mass is 16.3. The molecule has 1 aliphatic rings. The normalized spacial score (nSPS) is 13.9. The van der Waals surface area contributed by atoms with Gasteiger partial charge in [-0.05, 0) is 40.6 Å². The van der Waals surface area contributed by atoms with Crippen molar-refractivity contribution < 1.29 is 14.7 Å². The average molecular weight is 274 g/mol. The third kappa shape index (κ3) is 1.61. The summed E-state index contributed by atoms with van der Waals surface area (Å²) in [6.45, 7) is 0. The van der Waals surface area contributed by atoms with Gasteiger partial charge in [-0.1, -0.05) is 30.3 Å². The van der Waals surface area contributed by atoms with Crippen LogP contribution in [0, 0.1) is 0 Å². The van der Waals surface area contributed by atoms with Gasteiger partial charge in [0.25, 0.3) is 0 Å². The van der Waals surface area contributed by atoms with E-state index in [1.807, 2.05) is 30.3 Å². The fourth-order valence-corrected chi connectivity index (χ4v) is 2.82. The van der Waals surface area contributed by atoms with Gasteiger partial charge >= 0.3 is 0 Å². The van der Waals surface area contributed by atoms with Gasteiger partial charge in [0.1, 0.15) is 5.75 Å². The van der Waals surface area contributed by atoms with Crippen LogP contribution < -0.4 is 0 Å². The SMILES string of the molecule is O=C1C=Cc2cc3c(O)c4ccccc4cc3cc2C1=O. The van der Waals surface area contributed by atoms with Crippen molar-refractivity contribution in [2.45, 2.75) is 0 Å². The number of benzene rings is 3. The van der Waals surface area contributed by atoms with E-state index in [-0.39, 0.29) is 5.75 Å². The molecule has 100 valence electrons. The number of phenolic OH excluding ortho intramolecular Hbond substituents is 1. The van der Waals surface area contributed by atoms with Gasteiger partial charge in [-0.2, -0.15) is 0 Å². The van der Waals surface area contributed by atoms with Crippen molar-refractivity contribution in [3.63, 3.8) is 0 Å². The van der Waals surface area contributed by atoms with Crippen LogP contribution in [0.5, 0.6) is 5.75 Å². The first-order chi connectivity index (χ1) is 10.1. The van der Waals surface area contributed by atoms with Crippen LogP contribution >= 0.6 is 0 Å². The smallest absolute Gasteiger partial charge is 0.233 e. The average Bonchev–Trinajstić information content (AvgIpc) is 2.51. The Morgan fingerprint density at radius 2 is 1.62 bits per heavy atom. The lowest BCUT2D eigenvalue weighted by molar-refractivity contribution is -0.110. The van der Waals surface area contributed by atoms with Crippen LogP contribution in [0.1, 0.15) is 15.9 Å². The summed E-state index contributed by atoms with van der Waals surface area (Å²) >= 11 is 0. The topological polar surface area (TPSA) is 54.4 Å². The summed E-state index contributed by atoms with van der Waals surface area (Å²) in [6, 6.07) is 12.9. The van der Waals surface area contributed by atoms with Crippen LogP contribution in [0.25, 0.3) is 27.6 Å². The molecule has 0 radical (unpaired) electrons. The lowest BCUT2D eigenvalue weighted by atomic mass is 9.91. The highest BCUT2D eigenvalue weighted by molar-refractivity contribution is 6.50. The van der Waals surface area contributed by atoms with Crippen molar-refractivity contribution in [2.24, 2.45) is 0 Å². The Labute approximate surface area is 120 Å². The Bertz CT molecular complexity index is 981. The van der Waals surface area contributed by atoms with E-state index in [9.17, 15) is 14.7 Å². The quantitative estimate of drug-likeness (QED) is 0.504. The van der Waals surface area contributed by atoms with E-state index in [0.717, 1.165) is 16.2 Å². The molecule has 3 aromatic rings. The summed E-state index contributed by atoms with van der Waals surface area (Å²) in [5, 5.41) is 13.6. The van der Waals surface area contributed by atoms with Gasteiger partial charge in [-0.25, -0.2) is 0 Å².